The number of methoxy groups -OCH3 is 1. The summed E-state index contributed by atoms with van der Waals surface area (Å²) in [6.07, 6.45) is 0. The highest BCUT2D eigenvalue weighted by Crippen LogP contribution is 2.17. The summed E-state index contributed by atoms with van der Waals surface area (Å²) < 4.78 is 5.79. The number of rotatable bonds is 5. The molecule has 9 heteroatoms. The van der Waals surface area contributed by atoms with E-state index in [-0.39, 0.29) is 18.2 Å². The Morgan fingerprint density at radius 1 is 1.50 bits per heavy atom. The van der Waals surface area contributed by atoms with Crippen molar-refractivity contribution in [1.29, 1.82) is 0 Å². The minimum atomic E-state index is -0.564. The number of carbonyl (C=O) groups is 2. The van der Waals surface area contributed by atoms with Gasteiger partial charge in [0.15, 0.2) is 5.16 Å². The van der Waals surface area contributed by atoms with Gasteiger partial charge in [-0.15, -0.1) is 10.2 Å². The largest absolute Gasteiger partial charge is 0.468 e. The van der Waals surface area contributed by atoms with Crippen molar-refractivity contribution in [3.05, 3.63) is 0 Å². The van der Waals surface area contributed by atoms with Crippen LogP contribution in [0, 0.1) is 0 Å². The van der Waals surface area contributed by atoms with Crippen molar-refractivity contribution in [3.8, 4) is 0 Å². The summed E-state index contributed by atoms with van der Waals surface area (Å²) in [6, 6.07) is 0. The van der Waals surface area contributed by atoms with E-state index in [9.17, 15) is 9.59 Å². The van der Waals surface area contributed by atoms with E-state index >= 15 is 0 Å². The zero-order valence-electron chi connectivity index (χ0n) is 8.54. The van der Waals surface area contributed by atoms with Crippen LogP contribution in [0.25, 0.3) is 0 Å². The highest BCUT2D eigenvalue weighted by Gasteiger charge is 2.13. The lowest BCUT2D eigenvalue weighted by Gasteiger charge is -2.04. The zero-order chi connectivity index (χ0) is 12.1. The van der Waals surface area contributed by atoms with Crippen LogP contribution in [-0.2, 0) is 20.9 Å². The van der Waals surface area contributed by atoms with Gasteiger partial charge >= 0.3 is 5.97 Å². The predicted octanol–water partition coefficient (Wildman–Crippen LogP) is -1.39. The minimum absolute atomic E-state index is 0.0629. The van der Waals surface area contributed by atoms with Crippen LogP contribution < -0.4 is 11.5 Å². The monoisotopic (exact) mass is 245 g/mol. The van der Waals surface area contributed by atoms with Crippen molar-refractivity contribution in [2.45, 2.75) is 11.7 Å². The lowest BCUT2D eigenvalue weighted by atomic mass is 10.6. The third-order valence-corrected chi connectivity index (χ3v) is 2.55. The minimum Gasteiger partial charge on any atom is -0.468 e. The number of nitrogens with zero attached hydrogens (tertiary/aromatic N) is 3. The van der Waals surface area contributed by atoms with Crippen LogP contribution in [0.5, 0.6) is 0 Å². The Labute approximate surface area is 95.3 Å². The first-order valence-corrected chi connectivity index (χ1v) is 5.19. The fourth-order valence-electron chi connectivity index (χ4n) is 0.894. The van der Waals surface area contributed by atoms with Gasteiger partial charge in [-0.1, -0.05) is 11.8 Å². The molecule has 0 fully saturated rings. The number of thioether (sulfide) groups is 1. The van der Waals surface area contributed by atoms with Crippen molar-refractivity contribution in [2.24, 2.45) is 5.73 Å². The molecule has 0 radical (unpaired) electrons. The number of esters is 1. The van der Waals surface area contributed by atoms with Crippen molar-refractivity contribution < 1.29 is 14.3 Å². The highest BCUT2D eigenvalue weighted by atomic mass is 32.2. The molecule has 4 N–H and O–H groups in total. The van der Waals surface area contributed by atoms with E-state index in [0.29, 0.717) is 5.16 Å². The third-order valence-electron chi connectivity index (χ3n) is 1.61. The Bertz CT molecular complexity index is 405. The van der Waals surface area contributed by atoms with Crippen molar-refractivity contribution in [1.82, 2.24) is 14.8 Å². The normalized spacial score (nSPS) is 10.1. The molecule has 0 spiro atoms. The van der Waals surface area contributed by atoms with Crippen LogP contribution in [0.1, 0.15) is 0 Å². The van der Waals surface area contributed by atoms with Gasteiger partial charge in [0.2, 0.25) is 11.9 Å². The van der Waals surface area contributed by atoms with E-state index in [1.54, 1.807) is 0 Å². The third kappa shape index (κ3) is 3.12. The molecule has 16 heavy (non-hydrogen) atoms. The number of ether oxygens (including phenoxy) is 1. The maximum atomic E-state index is 10.9. The van der Waals surface area contributed by atoms with E-state index in [1.165, 1.54) is 11.7 Å². The van der Waals surface area contributed by atoms with Gasteiger partial charge in [-0.05, 0) is 0 Å². The molecule has 1 aromatic heterocycles. The number of hydrogen-bond acceptors (Lipinski definition) is 7. The number of anilines is 1. The summed E-state index contributed by atoms with van der Waals surface area (Å²) in [7, 11) is 1.28. The van der Waals surface area contributed by atoms with Gasteiger partial charge in [-0.3, -0.25) is 14.2 Å². The van der Waals surface area contributed by atoms with Gasteiger partial charge in [0.05, 0.1) is 12.9 Å². The predicted molar refractivity (Wildman–Crippen MR) is 56.4 cm³/mol. The van der Waals surface area contributed by atoms with Crippen molar-refractivity contribution >= 4 is 29.6 Å². The van der Waals surface area contributed by atoms with Crippen LogP contribution in [-0.4, -0.2) is 39.5 Å². The van der Waals surface area contributed by atoms with Crippen LogP contribution in [0.15, 0.2) is 5.16 Å². The molecular formula is C7H11N5O3S. The lowest BCUT2D eigenvalue weighted by molar-refractivity contribution is -0.137. The molecule has 0 saturated carbocycles. The van der Waals surface area contributed by atoms with Gasteiger partial charge < -0.3 is 16.2 Å². The molecule has 1 rings (SSSR count). The van der Waals surface area contributed by atoms with Crippen LogP contribution in [0.2, 0.25) is 0 Å². The number of carbonyl (C=O) groups excluding carboxylic acids is 2. The molecule has 1 amide bonds. The maximum absolute atomic E-state index is 10.9. The Hall–Kier alpha value is -1.77. The SMILES string of the molecule is COC(=O)CSc1nnc(N)n1CC(N)=O. The summed E-state index contributed by atoms with van der Waals surface area (Å²) >= 11 is 1.07. The first-order chi connectivity index (χ1) is 7.54. The average molecular weight is 245 g/mol. The molecule has 1 heterocycles. The molecule has 0 aliphatic carbocycles. The van der Waals surface area contributed by atoms with Gasteiger partial charge in [-0.25, -0.2) is 0 Å². The smallest absolute Gasteiger partial charge is 0.316 e. The fourth-order valence-corrected chi connectivity index (χ4v) is 1.67. The Morgan fingerprint density at radius 2 is 2.19 bits per heavy atom. The van der Waals surface area contributed by atoms with Crippen molar-refractivity contribution in [3.63, 3.8) is 0 Å². The first-order valence-electron chi connectivity index (χ1n) is 4.21. The summed E-state index contributed by atoms with van der Waals surface area (Å²) in [5.41, 5.74) is 10.5. The standard InChI is InChI=1S/C7H11N5O3S/c1-15-5(14)3-16-7-11-10-6(9)12(7)2-4(8)13/h2-3H2,1H3,(H2,8,13)(H2,9,10). The molecule has 0 aliphatic heterocycles. The second-order valence-corrected chi connectivity index (χ2v) is 3.70. The quantitative estimate of drug-likeness (QED) is 0.483. The number of aromatic nitrogens is 3. The molecule has 88 valence electrons. The summed E-state index contributed by atoms with van der Waals surface area (Å²) in [5, 5.41) is 7.64. The Kier molecular flexibility index (Phi) is 4.11. The summed E-state index contributed by atoms with van der Waals surface area (Å²) in [4.78, 5) is 21.7. The molecule has 0 unspecified atom stereocenters. The molecule has 0 saturated heterocycles. The van der Waals surface area contributed by atoms with E-state index in [2.05, 4.69) is 14.9 Å². The summed E-state index contributed by atoms with van der Waals surface area (Å²) in [6.45, 7) is -0.123. The lowest BCUT2D eigenvalue weighted by Crippen LogP contribution is -2.20. The number of primary amides is 1. The average Bonchev–Trinajstić information content (AvgIpc) is 2.56. The van der Waals surface area contributed by atoms with E-state index in [4.69, 9.17) is 11.5 Å². The molecule has 1 aromatic rings. The zero-order valence-corrected chi connectivity index (χ0v) is 9.36. The number of hydrogen-bond donors (Lipinski definition) is 2. The molecule has 0 aliphatic rings. The Balaban J connectivity index is 2.72. The fraction of sp³-hybridized carbons (Fsp3) is 0.429. The highest BCUT2D eigenvalue weighted by molar-refractivity contribution is 7.99. The molecule has 0 atom stereocenters. The topological polar surface area (TPSA) is 126 Å². The second-order valence-electron chi connectivity index (χ2n) is 2.76. The van der Waals surface area contributed by atoms with Crippen LogP contribution in [0.4, 0.5) is 5.95 Å². The summed E-state index contributed by atoms with van der Waals surface area (Å²) in [5.74, 6) is -0.831. The van der Waals surface area contributed by atoms with E-state index < -0.39 is 11.9 Å². The van der Waals surface area contributed by atoms with Gasteiger partial charge in [-0.2, -0.15) is 0 Å². The van der Waals surface area contributed by atoms with Gasteiger partial charge in [0.25, 0.3) is 0 Å². The van der Waals surface area contributed by atoms with Crippen LogP contribution in [0.3, 0.4) is 0 Å². The van der Waals surface area contributed by atoms with E-state index in [1.807, 2.05) is 0 Å². The second kappa shape index (κ2) is 5.35. The first kappa shape index (κ1) is 12.3. The number of amides is 1. The van der Waals surface area contributed by atoms with Crippen molar-refractivity contribution in [2.75, 3.05) is 18.6 Å². The van der Waals surface area contributed by atoms with Gasteiger partial charge in [0.1, 0.15) is 6.54 Å². The van der Waals surface area contributed by atoms with Crippen LogP contribution >= 0.6 is 11.8 Å². The maximum Gasteiger partial charge on any atom is 0.316 e. The molecular weight excluding hydrogens is 234 g/mol. The molecule has 0 bridgehead atoms. The molecule has 8 nitrogen and oxygen atoms in total. The Morgan fingerprint density at radius 3 is 2.75 bits per heavy atom. The van der Waals surface area contributed by atoms with Gasteiger partial charge in [0, 0.05) is 0 Å². The molecule has 0 aromatic carbocycles. The number of nitrogens with two attached hydrogens (primary N) is 2. The van der Waals surface area contributed by atoms with E-state index in [0.717, 1.165) is 11.8 Å². The number of nitrogen functional groups attached to an aromatic ring is 1.